The van der Waals surface area contributed by atoms with Crippen LogP contribution < -0.4 is 9.47 Å². The number of hydrogen-bond donors (Lipinski definition) is 1. The molecular formula is C18H13ClN2O6. The Morgan fingerprint density at radius 2 is 2.04 bits per heavy atom. The van der Waals surface area contributed by atoms with Crippen molar-refractivity contribution in [3.05, 3.63) is 68.2 Å². The molecule has 0 unspecified atom stereocenters. The first-order valence-corrected chi connectivity index (χ1v) is 7.82. The fourth-order valence-electron chi connectivity index (χ4n) is 2.14. The quantitative estimate of drug-likeness (QED) is 0.331. The van der Waals surface area contributed by atoms with Gasteiger partial charge in [0, 0.05) is 12.1 Å². The molecule has 0 aromatic heterocycles. The van der Waals surface area contributed by atoms with Crippen molar-refractivity contribution >= 4 is 29.3 Å². The van der Waals surface area contributed by atoms with E-state index in [0.29, 0.717) is 11.1 Å². The summed E-state index contributed by atoms with van der Waals surface area (Å²) >= 11 is 6.20. The molecule has 8 nitrogen and oxygen atoms in total. The van der Waals surface area contributed by atoms with Gasteiger partial charge in [0.2, 0.25) is 0 Å². The highest BCUT2D eigenvalue weighted by atomic mass is 35.5. The van der Waals surface area contributed by atoms with Gasteiger partial charge in [0.15, 0.2) is 11.5 Å². The lowest BCUT2D eigenvalue weighted by atomic mass is 10.1. The van der Waals surface area contributed by atoms with Crippen LogP contribution in [-0.2, 0) is 11.4 Å². The second-order valence-electron chi connectivity index (χ2n) is 5.22. The molecule has 1 N–H and O–H groups in total. The Bertz CT molecular complexity index is 948. The van der Waals surface area contributed by atoms with E-state index in [1.807, 2.05) is 0 Å². The van der Waals surface area contributed by atoms with Crippen LogP contribution >= 0.6 is 11.6 Å². The van der Waals surface area contributed by atoms with Crippen LogP contribution in [-0.4, -0.2) is 23.1 Å². The molecule has 27 heavy (non-hydrogen) atoms. The molecule has 0 atom stereocenters. The Morgan fingerprint density at radius 1 is 1.37 bits per heavy atom. The number of nitriles is 1. The van der Waals surface area contributed by atoms with Crippen LogP contribution in [0.3, 0.4) is 0 Å². The lowest BCUT2D eigenvalue weighted by Crippen LogP contribution is -2.00. The van der Waals surface area contributed by atoms with Crippen LogP contribution in [0.15, 0.2) is 42.0 Å². The predicted molar refractivity (Wildman–Crippen MR) is 96.7 cm³/mol. The Labute approximate surface area is 159 Å². The molecule has 0 aliphatic heterocycles. The van der Waals surface area contributed by atoms with Gasteiger partial charge in [-0.25, -0.2) is 4.79 Å². The highest BCUT2D eigenvalue weighted by Gasteiger charge is 2.14. The third-order valence-corrected chi connectivity index (χ3v) is 3.72. The maximum absolute atomic E-state index is 10.9. The molecule has 0 heterocycles. The van der Waals surface area contributed by atoms with E-state index in [4.69, 9.17) is 31.4 Å². The Balaban J connectivity index is 2.26. The Morgan fingerprint density at radius 3 is 2.56 bits per heavy atom. The molecule has 9 heteroatoms. The smallest absolute Gasteiger partial charge is 0.346 e. The molecule has 2 aromatic carbocycles. The largest absolute Gasteiger partial charge is 0.493 e. The number of nitro benzene ring substituents is 1. The van der Waals surface area contributed by atoms with E-state index in [9.17, 15) is 14.9 Å². The van der Waals surface area contributed by atoms with E-state index >= 15 is 0 Å². The molecule has 0 radical (unpaired) electrons. The number of non-ortho nitro benzene ring substituents is 1. The number of hydrogen-bond acceptors (Lipinski definition) is 6. The molecule has 138 valence electrons. The number of benzene rings is 2. The maximum Gasteiger partial charge on any atom is 0.346 e. The molecular weight excluding hydrogens is 376 g/mol. The number of carboxylic acids is 1. The monoisotopic (exact) mass is 388 g/mol. The van der Waals surface area contributed by atoms with Gasteiger partial charge in [-0.3, -0.25) is 10.1 Å². The van der Waals surface area contributed by atoms with Crippen LogP contribution in [0.25, 0.3) is 6.08 Å². The Hall–Kier alpha value is -3.57. The molecule has 0 aliphatic rings. The highest BCUT2D eigenvalue weighted by molar-refractivity contribution is 6.32. The SMILES string of the molecule is COc1cc(C=C(C#N)C(=O)O)cc(Cl)c1OCc1ccc([N+](=O)[O-])cc1. The fourth-order valence-corrected chi connectivity index (χ4v) is 2.41. The van der Waals surface area contributed by atoms with Crippen molar-refractivity contribution in [1.29, 1.82) is 5.26 Å². The first-order chi connectivity index (χ1) is 12.8. The molecule has 2 rings (SSSR count). The first-order valence-electron chi connectivity index (χ1n) is 7.44. The van der Waals surface area contributed by atoms with E-state index < -0.39 is 16.5 Å². The molecule has 2 aromatic rings. The summed E-state index contributed by atoms with van der Waals surface area (Å²) in [5, 5.41) is 28.6. The van der Waals surface area contributed by atoms with Gasteiger partial charge in [-0.1, -0.05) is 11.6 Å². The minimum absolute atomic E-state index is 0.0303. The number of halogens is 1. The molecule has 0 spiro atoms. The third kappa shape index (κ3) is 4.96. The predicted octanol–water partition coefficient (Wildman–Crippen LogP) is 3.83. The summed E-state index contributed by atoms with van der Waals surface area (Å²) in [5.41, 5.74) is 0.559. The van der Waals surface area contributed by atoms with Crippen LogP contribution in [0.5, 0.6) is 11.5 Å². The van der Waals surface area contributed by atoms with Gasteiger partial charge in [-0.15, -0.1) is 0 Å². The van der Waals surface area contributed by atoms with Gasteiger partial charge < -0.3 is 14.6 Å². The normalized spacial score (nSPS) is 10.8. The third-order valence-electron chi connectivity index (χ3n) is 3.44. The van der Waals surface area contributed by atoms with E-state index in [-0.39, 0.29) is 28.8 Å². The van der Waals surface area contributed by atoms with Gasteiger partial charge in [-0.05, 0) is 41.5 Å². The second-order valence-corrected chi connectivity index (χ2v) is 5.63. The summed E-state index contributed by atoms with van der Waals surface area (Å²) in [6, 6.07) is 10.3. The average molecular weight is 389 g/mol. The lowest BCUT2D eigenvalue weighted by molar-refractivity contribution is -0.384. The highest BCUT2D eigenvalue weighted by Crippen LogP contribution is 2.37. The second kappa shape index (κ2) is 8.69. The van der Waals surface area contributed by atoms with Crippen LogP contribution in [0.1, 0.15) is 11.1 Å². The number of nitro groups is 1. The number of aliphatic carboxylic acids is 1. The number of rotatable bonds is 7. The van der Waals surface area contributed by atoms with Crippen molar-refractivity contribution in [2.24, 2.45) is 0 Å². The Kier molecular flexibility index (Phi) is 6.36. The van der Waals surface area contributed by atoms with Crippen LogP contribution in [0.2, 0.25) is 5.02 Å². The van der Waals surface area contributed by atoms with Crippen molar-refractivity contribution < 1.29 is 24.3 Å². The van der Waals surface area contributed by atoms with E-state index in [1.165, 1.54) is 31.4 Å². The average Bonchev–Trinajstić information content (AvgIpc) is 2.64. The summed E-state index contributed by atoms with van der Waals surface area (Å²) in [6.45, 7) is 0.0852. The first kappa shape index (κ1) is 19.8. The summed E-state index contributed by atoms with van der Waals surface area (Å²) in [4.78, 5) is 21.1. The van der Waals surface area contributed by atoms with E-state index in [1.54, 1.807) is 18.2 Å². The molecule has 0 bridgehead atoms. The van der Waals surface area contributed by atoms with Gasteiger partial charge in [0.1, 0.15) is 18.2 Å². The summed E-state index contributed by atoms with van der Waals surface area (Å²) < 4.78 is 10.9. The van der Waals surface area contributed by atoms with Crippen molar-refractivity contribution in [3.63, 3.8) is 0 Å². The minimum atomic E-state index is -1.36. The number of ether oxygens (including phenoxy) is 2. The van der Waals surface area contributed by atoms with Gasteiger partial charge >= 0.3 is 5.97 Å². The van der Waals surface area contributed by atoms with Gasteiger partial charge in [0.25, 0.3) is 5.69 Å². The fraction of sp³-hybridized carbons (Fsp3) is 0.111. The number of carboxylic acid groups (broad SMARTS) is 1. The minimum Gasteiger partial charge on any atom is -0.493 e. The van der Waals surface area contributed by atoms with Crippen molar-refractivity contribution in [1.82, 2.24) is 0 Å². The standard InChI is InChI=1S/C18H13ClN2O6/c1-26-16-8-12(6-13(9-20)18(22)23)7-15(19)17(16)27-10-11-2-4-14(5-3-11)21(24)25/h2-8H,10H2,1H3,(H,22,23). The molecule has 0 saturated heterocycles. The van der Waals surface area contributed by atoms with Crippen LogP contribution in [0.4, 0.5) is 5.69 Å². The summed E-state index contributed by atoms with van der Waals surface area (Å²) in [7, 11) is 1.39. The number of methoxy groups -OCH3 is 1. The molecule has 0 saturated carbocycles. The van der Waals surface area contributed by atoms with Crippen molar-refractivity contribution in [2.75, 3.05) is 7.11 Å². The summed E-state index contributed by atoms with van der Waals surface area (Å²) in [6.07, 6.45) is 1.16. The number of nitrogens with zero attached hydrogens (tertiary/aromatic N) is 2. The summed E-state index contributed by atoms with van der Waals surface area (Å²) in [5.74, 6) is -0.882. The molecule has 0 aliphatic carbocycles. The van der Waals surface area contributed by atoms with E-state index in [0.717, 1.165) is 6.08 Å². The van der Waals surface area contributed by atoms with Crippen LogP contribution in [0, 0.1) is 21.4 Å². The molecule has 0 amide bonds. The zero-order chi connectivity index (χ0) is 20.0. The van der Waals surface area contributed by atoms with Gasteiger partial charge in [-0.2, -0.15) is 5.26 Å². The number of carbonyl (C=O) groups is 1. The zero-order valence-electron chi connectivity index (χ0n) is 14.0. The van der Waals surface area contributed by atoms with Crippen molar-refractivity contribution in [2.45, 2.75) is 6.61 Å². The topological polar surface area (TPSA) is 123 Å². The van der Waals surface area contributed by atoms with Crippen molar-refractivity contribution in [3.8, 4) is 17.6 Å². The molecule has 0 fully saturated rings. The lowest BCUT2D eigenvalue weighted by Gasteiger charge is -2.13. The maximum atomic E-state index is 10.9. The van der Waals surface area contributed by atoms with Gasteiger partial charge in [0.05, 0.1) is 17.1 Å². The zero-order valence-corrected chi connectivity index (χ0v) is 14.8. The van der Waals surface area contributed by atoms with E-state index in [2.05, 4.69) is 0 Å².